The highest BCUT2D eigenvalue weighted by molar-refractivity contribution is 5.83. The number of hydrogen-bond acceptors (Lipinski definition) is 5. The number of nitrogens with zero attached hydrogens (tertiary/aromatic N) is 1. The predicted molar refractivity (Wildman–Crippen MR) is 105 cm³/mol. The van der Waals surface area contributed by atoms with Gasteiger partial charge < -0.3 is 19.1 Å². The summed E-state index contributed by atoms with van der Waals surface area (Å²) in [6.07, 6.45) is 2.92. The zero-order valence-corrected chi connectivity index (χ0v) is 17.1. The summed E-state index contributed by atoms with van der Waals surface area (Å²) in [5.41, 5.74) is 0.963. The first-order valence-corrected chi connectivity index (χ1v) is 10.8. The van der Waals surface area contributed by atoms with Gasteiger partial charge in [0, 0.05) is 18.9 Å². The maximum atomic E-state index is 13.1. The van der Waals surface area contributed by atoms with E-state index in [9.17, 15) is 9.59 Å². The second-order valence-corrected chi connectivity index (χ2v) is 9.35. The van der Waals surface area contributed by atoms with Gasteiger partial charge in [-0.1, -0.05) is 30.3 Å². The molecule has 156 valence electrons. The lowest BCUT2D eigenvalue weighted by molar-refractivity contribution is -0.159. The van der Waals surface area contributed by atoms with E-state index in [0.29, 0.717) is 18.7 Å². The topological polar surface area (TPSA) is 65.1 Å². The maximum Gasteiger partial charge on any atom is 0.410 e. The summed E-state index contributed by atoms with van der Waals surface area (Å²) in [5, 5.41) is 0. The molecule has 5 rings (SSSR count). The SMILES string of the molecule is CC1(C)O[C@H]2[C@H]3[C@@H](C[C@H]2O1)[C@@H](C1CCCC1=O)CN3C(=O)OCc1ccccc1. The molecule has 2 saturated heterocycles. The number of amides is 1. The number of ether oxygens (including phenoxy) is 3. The minimum atomic E-state index is -0.638. The fourth-order valence-corrected chi connectivity index (χ4v) is 6.03. The number of carbonyl (C=O) groups excluding carboxylic acids is 2. The van der Waals surface area contributed by atoms with Crippen molar-refractivity contribution in [2.45, 2.75) is 70.2 Å². The van der Waals surface area contributed by atoms with Gasteiger partial charge >= 0.3 is 6.09 Å². The fourth-order valence-electron chi connectivity index (χ4n) is 6.03. The molecule has 29 heavy (non-hydrogen) atoms. The van der Waals surface area contributed by atoms with Crippen molar-refractivity contribution < 1.29 is 23.8 Å². The zero-order chi connectivity index (χ0) is 20.2. The smallest absolute Gasteiger partial charge is 0.410 e. The molecule has 0 N–H and O–H groups in total. The standard InChI is InChI=1S/C23H29NO5/c1-23(2)28-19-11-16-17(15-9-6-10-18(15)25)12-24(20(16)21(19)29-23)22(26)27-13-14-7-4-3-5-8-14/h3-5,7-8,15-17,19-21H,6,9-13H2,1-2H3/t15?,16-,17+,19+,20+,21+/m0/s1. The Morgan fingerprint density at radius 3 is 2.72 bits per heavy atom. The van der Waals surface area contributed by atoms with Gasteiger partial charge in [0.05, 0.1) is 12.1 Å². The third-order valence-electron chi connectivity index (χ3n) is 7.13. The van der Waals surface area contributed by atoms with Crippen molar-refractivity contribution in [2.75, 3.05) is 6.54 Å². The van der Waals surface area contributed by atoms with E-state index >= 15 is 0 Å². The molecule has 4 fully saturated rings. The average molecular weight is 399 g/mol. The van der Waals surface area contributed by atoms with Gasteiger partial charge in [0.2, 0.25) is 0 Å². The number of hydrogen-bond donors (Lipinski definition) is 0. The molecule has 4 aliphatic rings. The van der Waals surface area contributed by atoms with Crippen LogP contribution in [0.1, 0.15) is 45.1 Å². The highest BCUT2D eigenvalue weighted by atomic mass is 16.8. The molecule has 2 aliphatic carbocycles. The fraction of sp³-hybridized carbons (Fsp3) is 0.652. The number of rotatable bonds is 3. The third-order valence-corrected chi connectivity index (χ3v) is 7.13. The second kappa shape index (κ2) is 7.10. The van der Waals surface area contributed by atoms with Crippen LogP contribution in [0.15, 0.2) is 30.3 Å². The number of benzene rings is 1. The van der Waals surface area contributed by atoms with Crippen LogP contribution in [-0.2, 0) is 25.6 Å². The molecule has 0 spiro atoms. The van der Waals surface area contributed by atoms with Gasteiger partial charge in [-0.2, -0.15) is 0 Å². The Labute approximate surface area is 171 Å². The third kappa shape index (κ3) is 3.36. The molecule has 0 bridgehead atoms. The van der Waals surface area contributed by atoms with Crippen molar-refractivity contribution in [1.29, 1.82) is 0 Å². The summed E-state index contributed by atoms with van der Waals surface area (Å²) in [6.45, 7) is 4.67. The van der Waals surface area contributed by atoms with Gasteiger partial charge in [-0.05, 0) is 50.5 Å². The lowest BCUT2D eigenvalue weighted by atomic mass is 9.80. The average Bonchev–Trinajstić information content (AvgIpc) is 3.41. The van der Waals surface area contributed by atoms with Crippen molar-refractivity contribution in [3.05, 3.63) is 35.9 Å². The van der Waals surface area contributed by atoms with Crippen LogP contribution >= 0.6 is 0 Å². The molecular weight excluding hydrogens is 370 g/mol. The minimum Gasteiger partial charge on any atom is -0.445 e. The molecule has 6 atom stereocenters. The maximum absolute atomic E-state index is 13.1. The first kappa shape index (κ1) is 19.1. The van der Waals surface area contributed by atoms with Gasteiger partial charge in [0.1, 0.15) is 18.5 Å². The summed E-state index contributed by atoms with van der Waals surface area (Å²) in [5.74, 6) is 0.188. The molecule has 0 aromatic heterocycles. The van der Waals surface area contributed by atoms with Crippen LogP contribution in [0.25, 0.3) is 0 Å². The van der Waals surface area contributed by atoms with E-state index in [0.717, 1.165) is 24.8 Å². The molecule has 1 unspecified atom stereocenters. The van der Waals surface area contributed by atoms with Gasteiger partial charge in [-0.25, -0.2) is 4.79 Å². The van der Waals surface area contributed by atoms with Crippen molar-refractivity contribution in [3.63, 3.8) is 0 Å². The molecule has 2 saturated carbocycles. The van der Waals surface area contributed by atoms with Crippen LogP contribution in [0.4, 0.5) is 4.79 Å². The van der Waals surface area contributed by atoms with Gasteiger partial charge in [-0.15, -0.1) is 0 Å². The zero-order valence-electron chi connectivity index (χ0n) is 17.1. The van der Waals surface area contributed by atoms with Crippen LogP contribution < -0.4 is 0 Å². The number of ketones is 1. The minimum absolute atomic E-state index is 0.0243. The Hall–Kier alpha value is -1.92. The van der Waals surface area contributed by atoms with Crippen LogP contribution in [0.3, 0.4) is 0 Å². The Kier molecular flexibility index (Phi) is 4.67. The van der Waals surface area contributed by atoms with E-state index in [2.05, 4.69) is 0 Å². The van der Waals surface area contributed by atoms with Gasteiger partial charge in [0.15, 0.2) is 5.79 Å². The number of fused-ring (bicyclic) bond motifs is 3. The van der Waals surface area contributed by atoms with E-state index in [1.807, 2.05) is 49.1 Å². The largest absolute Gasteiger partial charge is 0.445 e. The molecule has 1 amide bonds. The molecule has 0 radical (unpaired) electrons. The molecular formula is C23H29NO5. The summed E-state index contributed by atoms with van der Waals surface area (Å²) >= 11 is 0. The normalized spacial score (nSPS) is 37.6. The molecule has 6 nitrogen and oxygen atoms in total. The van der Waals surface area contributed by atoms with Crippen molar-refractivity contribution >= 4 is 11.9 Å². The quantitative estimate of drug-likeness (QED) is 0.778. The van der Waals surface area contributed by atoms with E-state index in [-0.39, 0.29) is 48.7 Å². The summed E-state index contributed by atoms with van der Waals surface area (Å²) < 4.78 is 18.0. The molecule has 1 aromatic carbocycles. The van der Waals surface area contributed by atoms with Crippen LogP contribution in [-0.4, -0.2) is 47.4 Å². The Morgan fingerprint density at radius 1 is 1.21 bits per heavy atom. The second-order valence-electron chi connectivity index (χ2n) is 9.35. The molecule has 6 heteroatoms. The van der Waals surface area contributed by atoms with Crippen molar-refractivity contribution in [1.82, 2.24) is 4.90 Å². The van der Waals surface area contributed by atoms with E-state index in [1.165, 1.54) is 0 Å². The Morgan fingerprint density at radius 2 is 2.00 bits per heavy atom. The van der Waals surface area contributed by atoms with Crippen molar-refractivity contribution in [2.24, 2.45) is 17.8 Å². The van der Waals surface area contributed by atoms with E-state index in [1.54, 1.807) is 0 Å². The number of Topliss-reactive ketones (excluding diaryl/α,β-unsaturated/α-hetero) is 1. The summed E-state index contributed by atoms with van der Waals surface area (Å²) in [7, 11) is 0. The Bertz CT molecular complexity index is 794. The first-order chi connectivity index (χ1) is 13.9. The van der Waals surface area contributed by atoms with Crippen LogP contribution in [0, 0.1) is 17.8 Å². The highest BCUT2D eigenvalue weighted by Crippen LogP contribution is 2.52. The lowest BCUT2D eigenvalue weighted by Gasteiger charge is -2.28. The summed E-state index contributed by atoms with van der Waals surface area (Å²) in [4.78, 5) is 27.4. The summed E-state index contributed by atoms with van der Waals surface area (Å²) in [6, 6.07) is 9.62. The Balaban J connectivity index is 1.36. The lowest BCUT2D eigenvalue weighted by Crippen LogP contribution is -2.45. The van der Waals surface area contributed by atoms with Gasteiger partial charge in [-0.3, -0.25) is 4.79 Å². The van der Waals surface area contributed by atoms with Gasteiger partial charge in [0.25, 0.3) is 0 Å². The molecule has 1 aromatic rings. The number of carbonyl (C=O) groups is 2. The van der Waals surface area contributed by atoms with Crippen molar-refractivity contribution in [3.8, 4) is 0 Å². The van der Waals surface area contributed by atoms with Crippen LogP contribution in [0.5, 0.6) is 0 Å². The molecule has 2 aliphatic heterocycles. The first-order valence-electron chi connectivity index (χ1n) is 10.8. The van der Waals surface area contributed by atoms with E-state index < -0.39 is 5.79 Å². The predicted octanol–water partition coefficient (Wildman–Crippen LogP) is 3.53. The monoisotopic (exact) mass is 399 g/mol. The highest BCUT2D eigenvalue weighted by Gasteiger charge is 2.62. The van der Waals surface area contributed by atoms with Crippen LogP contribution in [0.2, 0.25) is 0 Å². The molecule has 2 heterocycles. The number of likely N-dealkylation sites (tertiary alicyclic amines) is 1. The van der Waals surface area contributed by atoms with E-state index in [4.69, 9.17) is 14.2 Å².